The summed E-state index contributed by atoms with van der Waals surface area (Å²) >= 11 is 1.77. The number of rotatable bonds is 3. The first-order valence-corrected chi connectivity index (χ1v) is 7.74. The maximum absolute atomic E-state index is 12.8. The quantitative estimate of drug-likeness (QED) is 0.943. The van der Waals surface area contributed by atoms with Crippen molar-refractivity contribution in [2.24, 2.45) is 0 Å². The Labute approximate surface area is 127 Å². The van der Waals surface area contributed by atoms with Crippen LogP contribution in [0.1, 0.15) is 0 Å². The highest BCUT2D eigenvalue weighted by Gasteiger charge is 2.22. The maximum Gasteiger partial charge on any atom is 0.246 e. The van der Waals surface area contributed by atoms with E-state index in [2.05, 4.69) is 5.32 Å². The monoisotopic (exact) mass is 302 g/mol. The number of nitrogens with zero attached hydrogens (tertiary/aromatic N) is 1. The average Bonchev–Trinajstić information content (AvgIpc) is 2.53. The second-order valence-electron chi connectivity index (χ2n) is 4.72. The topological polar surface area (TPSA) is 32.3 Å². The van der Waals surface area contributed by atoms with E-state index in [4.69, 9.17) is 0 Å². The van der Waals surface area contributed by atoms with Gasteiger partial charge in [-0.15, -0.1) is 11.8 Å². The number of anilines is 2. The first-order valence-electron chi connectivity index (χ1n) is 6.76. The smallest absolute Gasteiger partial charge is 0.246 e. The van der Waals surface area contributed by atoms with Crippen molar-refractivity contribution >= 4 is 29.0 Å². The number of amides is 1. The van der Waals surface area contributed by atoms with Crippen molar-refractivity contribution in [3.63, 3.8) is 0 Å². The summed E-state index contributed by atoms with van der Waals surface area (Å²) in [6.45, 7) is 0.913. The molecule has 0 saturated heterocycles. The highest BCUT2D eigenvalue weighted by molar-refractivity contribution is 7.99. The average molecular weight is 302 g/mol. The molecule has 2 aromatic carbocycles. The molecule has 1 N–H and O–H groups in total. The minimum absolute atomic E-state index is 0.0204. The normalized spacial score (nSPS) is 13.7. The first kappa shape index (κ1) is 13.9. The summed E-state index contributed by atoms with van der Waals surface area (Å²) in [7, 11) is 0. The number of carbonyl (C=O) groups is 1. The molecule has 1 amide bonds. The Balaban J connectivity index is 1.68. The zero-order valence-corrected chi connectivity index (χ0v) is 12.2. The van der Waals surface area contributed by atoms with Gasteiger partial charge in [0.05, 0.1) is 12.2 Å². The van der Waals surface area contributed by atoms with Crippen LogP contribution in [0.2, 0.25) is 0 Å². The highest BCUT2D eigenvalue weighted by Crippen LogP contribution is 2.34. The fraction of sp³-hybridized carbons (Fsp3) is 0.188. The minimum atomic E-state index is -0.283. The van der Waals surface area contributed by atoms with E-state index < -0.39 is 0 Å². The van der Waals surface area contributed by atoms with Gasteiger partial charge < -0.3 is 10.2 Å². The van der Waals surface area contributed by atoms with Crippen LogP contribution in [0.5, 0.6) is 0 Å². The van der Waals surface area contributed by atoms with Crippen LogP contribution in [0.3, 0.4) is 0 Å². The fourth-order valence-corrected chi connectivity index (χ4v) is 3.26. The molecule has 21 heavy (non-hydrogen) atoms. The van der Waals surface area contributed by atoms with E-state index in [1.165, 1.54) is 12.1 Å². The van der Waals surface area contributed by atoms with Crippen LogP contribution in [0.4, 0.5) is 15.8 Å². The molecule has 0 aliphatic carbocycles. The molecule has 1 heterocycles. The molecular formula is C16H15FN2OS. The zero-order chi connectivity index (χ0) is 14.7. The number of hydrogen-bond donors (Lipinski definition) is 1. The van der Waals surface area contributed by atoms with E-state index in [1.54, 1.807) is 23.9 Å². The van der Waals surface area contributed by atoms with Gasteiger partial charge in [0.15, 0.2) is 0 Å². The van der Waals surface area contributed by atoms with Gasteiger partial charge >= 0.3 is 0 Å². The SMILES string of the molecule is O=C(CNc1ccc(F)cc1)N1CCSc2ccccc21. The van der Waals surface area contributed by atoms with E-state index in [0.717, 1.165) is 22.0 Å². The van der Waals surface area contributed by atoms with Crippen LogP contribution >= 0.6 is 11.8 Å². The molecule has 108 valence electrons. The number of benzene rings is 2. The number of para-hydroxylation sites is 1. The number of thioether (sulfide) groups is 1. The lowest BCUT2D eigenvalue weighted by atomic mass is 10.2. The van der Waals surface area contributed by atoms with Crippen LogP contribution in [-0.4, -0.2) is 24.7 Å². The Bertz CT molecular complexity index is 645. The molecule has 0 spiro atoms. The number of fused-ring (bicyclic) bond motifs is 1. The van der Waals surface area contributed by atoms with Gasteiger partial charge in [-0.3, -0.25) is 4.79 Å². The third-order valence-electron chi connectivity index (χ3n) is 3.32. The Morgan fingerprint density at radius 3 is 2.76 bits per heavy atom. The fourth-order valence-electron chi connectivity index (χ4n) is 2.27. The molecule has 0 atom stereocenters. The van der Waals surface area contributed by atoms with Crippen molar-refractivity contribution in [2.75, 3.05) is 29.1 Å². The second-order valence-corrected chi connectivity index (χ2v) is 5.86. The summed E-state index contributed by atoms with van der Waals surface area (Å²) in [5.74, 6) is 0.639. The number of nitrogens with one attached hydrogen (secondary N) is 1. The third kappa shape index (κ3) is 3.19. The lowest BCUT2D eigenvalue weighted by Gasteiger charge is -2.29. The van der Waals surface area contributed by atoms with Gasteiger partial charge in [-0.1, -0.05) is 12.1 Å². The standard InChI is InChI=1S/C16H15FN2OS/c17-12-5-7-13(8-6-12)18-11-16(20)19-9-10-21-15-4-2-1-3-14(15)19/h1-8,18H,9-11H2. The molecule has 0 bridgehead atoms. The lowest BCUT2D eigenvalue weighted by molar-refractivity contribution is -0.117. The van der Waals surface area contributed by atoms with Crippen molar-refractivity contribution in [3.05, 3.63) is 54.3 Å². The van der Waals surface area contributed by atoms with Crippen LogP contribution in [0.15, 0.2) is 53.4 Å². The molecule has 0 radical (unpaired) electrons. The number of hydrogen-bond acceptors (Lipinski definition) is 3. The Morgan fingerprint density at radius 2 is 1.95 bits per heavy atom. The van der Waals surface area contributed by atoms with Gasteiger partial charge in [-0.25, -0.2) is 4.39 Å². The van der Waals surface area contributed by atoms with Crippen molar-refractivity contribution in [1.82, 2.24) is 0 Å². The van der Waals surface area contributed by atoms with Crippen LogP contribution in [0, 0.1) is 5.82 Å². The summed E-state index contributed by atoms with van der Waals surface area (Å²) in [5, 5.41) is 3.04. The summed E-state index contributed by atoms with van der Waals surface area (Å²) < 4.78 is 12.8. The second kappa shape index (κ2) is 6.18. The molecule has 1 aliphatic heterocycles. The van der Waals surface area contributed by atoms with E-state index in [0.29, 0.717) is 6.54 Å². The molecule has 1 aliphatic rings. The largest absolute Gasteiger partial charge is 0.376 e. The Morgan fingerprint density at radius 1 is 1.19 bits per heavy atom. The van der Waals surface area contributed by atoms with E-state index >= 15 is 0 Å². The van der Waals surface area contributed by atoms with Gasteiger partial charge in [0, 0.05) is 22.9 Å². The van der Waals surface area contributed by atoms with Crippen LogP contribution in [0.25, 0.3) is 0 Å². The molecular weight excluding hydrogens is 287 g/mol. The predicted octanol–water partition coefficient (Wildman–Crippen LogP) is 3.38. The van der Waals surface area contributed by atoms with Gasteiger partial charge in [-0.2, -0.15) is 0 Å². The molecule has 0 fully saturated rings. The van der Waals surface area contributed by atoms with Crippen molar-refractivity contribution < 1.29 is 9.18 Å². The van der Waals surface area contributed by atoms with Crippen LogP contribution in [-0.2, 0) is 4.79 Å². The predicted molar refractivity (Wildman–Crippen MR) is 84.4 cm³/mol. The molecule has 2 aromatic rings. The molecule has 0 saturated carbocycles. The summed E-state index contributed by atoms with van der Waals surface area (Å²) in [5.41, 5.74) is 1.71. The maximum atomic E-state index is 12.8. The lowest BCUT2D eigenvalue weighted by Crippen LogP contribution is -2.39. The number of halogens is 1. The molecule has 0 aromatic heterocycles. The first-order chi connectivity index (χ1) is 10.2. The third-order valence-corrected chi connectivity index (χ3v) is 4.36. The van der Waals surface area contributed by atoms with Gasteiger partial charge in [-0.05, 0) is 36.4 Å². The van der Waals surface area contributed by atoms with Crippen LogP contribution < -0.4 is 10.2 Å². The Kier molecular flexibility index (Phi) is 4.10. The number of carbonyl (C=O) groups excluding carboxylic acids is 1. The molecule has 0 unspecified atom stereocenters. The van der Waals surface area contributed by atoms with Gasteiger partial charge in [0.25, 0.3) is 0 Å². The van der Waals surface area contributed by atoms with Crippen molar-refractivity contribution in [1.29, 1.82) is 0 Å². The summed E-state index contributed by atoms with van der Waals surface area (Å²) in [4.78, 5) is 15.3. The van der Waals surface area contributed by atoms with E-state index in [-0.39, 0.29) is 18.3 Å². The van der Waals surface area contributed by atoms with E-state index in [9.17, 15) is 9.18 Å². The Hall–Kier alpha value is -2.01. The van der Waals surface area contributed by atoms with Crippen molar-refractivity contribution in [2.45, 2.75) is 4.90 Å². The van der Waals surface area contributed by atoms with E-state index in [1.807, 2.05) is 29.2 Å². The minimum Gasteiger partial charge on any atom is -0.376 e. The zero-order valence-electron chi connectivity index (χ0n) is 11.4. The van der Waals surface area contributed by atoms with Gasteiger partial charge in [0.1, 0.15) is 5.82 Å². The summed E-state index contributed by atoms with van der Waals surface area (Å²) in [6.07, 6.45) is 0. The van der Waals surface area contributed by atoms with Gasteiger partial charge in [0.2, 0.25) is 5.91 Å². The highest BCUT2D eigenvalue weighted by atomic mass is 32.2. The van der Waals surface area contributed by atoms with Crippen molar-refractivity contribution in [3.8, 4) is 0 Å². The molecule has 3 nitrogen and oxygen atoms in total. The molecule has 3 rings (SSSR count). The summed E-state index contributed by atoms with van der Waals surface area (Å²) in [6, 6.07) is 13.9. The molecule has 5 heteroatoms.